The molecule has 1 aliphatic heterocycles. The second kappa shape index (κ2) is 8.22. The van der Waals surface area contributed by atoms with E-state index < -0.39 is 0 Å². The van der Waals surface area contributed by atoms with E-state index in [-0.39, 0.29) is 0 Å². The Hall–Kier alpha value is -2.19. The molecule has 2 aromatic carbocycles. The molecule has 140 valence electrons. The normalized spacial score (nSPS) is 12.8. The molecule has 0 aliphatic carbocycles. The van der Waals surface area contributed by atoms with Gasteiger partial charge in [-0.1, -0.05) is 39.8 Å². The number of fused-ring (bicyclic) bond motifs is 1. The minimum Gasteiger partial charge on any atom is -0.497 e. The Morgan fingerprint density at radius 2 is 1.81 bits per heavy atom. The average molecular weight is 449 g/mol. The summed E-state index contributed by atoms with van der Waals surface area (Å²) >= 11 is 5.07. The average Bonchev–Trinajstić information content (AvgIpc) is 3.14. The Bertz CT molecular complexity index is 930. The number of thioether (sulfide) groups is 1. The third kappa shape index (κ3) is 4.39. The first-order valence-electron chi connectivity index (χ1n) is 8.37. The molecule has 6 nitrogen and oxygen atoms in total. The molecule has 3 aromatic rings. The summed E-state index contributed by atoms with van der Waals surface area (Å²) in [5, 5.41) is 8.80. The van der Waals surface area contributed by atoms with E-state index in [0.29, 0.717) is 36.5 Å². The van der Waals surface area contributed by atoms with Gasteiger partial charge < -0.3 is 18.6 Å². The molecule has 0 N–H and O–H groups in total. The van der Waals surface area contributed by atoms with Crippen molar-refractivity contribution in [1.29, 1.82) is 0 Å². The molecule has 0 saturated carbocycles. The summed E-state index contributed by atoms with van der Waals surface area (Å²) in [4.78, 5) is 0. The number of rotatable bonds is 6. The SMILES string of the molecule is COc1ccc(Cc2nnc(SCc3cc4c(cc3Br)OCCO4)o2)cc1. The predicted molar refractivity (Wildman–Crippen MR) is 105 cm³/mol. The lowest BCUT2D eigenvalue weighted by Gasteiger charge is -2.19. The van der Waals surface area contributed by atoms with Crippen molar-refractivity contribution in [2.45, 2.75) is 17.4 Å². The van der Waals surface area contributed by atoms with Gasteiger partial charge in [-0.05, 0) is 35.4 Å². The molecular formula is C19H17BrN2O4S. The van der Waals surface area contributed by atoms with Crippen molar-refractivity contribution in [1.82, 2.24) is 10.2 Å². The molecule has 0 atom stereocenters. The number of halogens is 1. The minimum atomic E-state index is 0.542. The Morgan fingerprint density at radius 3 is 2.56 bits per heavy atom. The third-order valence-electron chi connectivity index (χ3n) is 4.03. The monoisotopic (exact) mass is 448 g/mol. The van der Waals surface area contributed by atoms with Crippen LogP contribution in [0, 0.1) is 0 Å². The van der Waals surface area contributed by atoms with Crippen LogP contribution in [0.1, 0.15) is 17.0 Å². The molecule has 1 aliphatic rings. The summed E-state index contributed by atoms with van der Waals surface area (Å²) < 4.78 is 23.1. The molecule has 0 unspecified atom stereocenters. The first-order chi connectivity index (χ1) is 13.2. The van der Waals surface area contributed by atoms with E-state index in [4.69, 9.17) is 18.6 Å². The second-order valence-corrected chi connectivity index (χ2v) is 7.64. The van der Waals surface area contributed by atoms with Crippen LogP contribution >= 0.6 is 27.7 Å². The molecule has 8 heteroatoms. The summed E-state index contributed by atoms with van der Waals surface area (Å²) in [5.41, 5.74) is 2.17. The van der Waals surface area contributed by atoms with Crippen molar-refractivity contribution in [3.05, 3.63) is 57.9 Å². The molecular weight excluding hydrogens is 432 g/mol. The lowest BCUT2D eigenvalue weighted by Crippen LogP contribution is -2.15. The fraction of sp³-hybridized carbons (Fsp3) is 0.263. The zero-order chi connectivity index (χ0) is 18.6. The van der Waals surface area contributed by atoms with E-state index in [2.05, 4.69) is 26.1 Å². The van der Waals surface area contributed by atoms with Crippen LogP contribution in [0.3, 0.4) is 0 Å². The number of methoxy groups -OCH3 is 1. The van der Waals surface area contributed by atoms with Gasteiger partial charge in [0.1, 0.15) is 19.0 Å². The quantitative estimate of drug-likeness (QED) is 0.514. The van der Waals surface area contributed by atoms with Crippen LogP contribution in [0.2, 0.25) is 0 Å². The third-order valence-corrected chi connectivity index (χ3v) is 5.63. The molecule has 0 fully saturated rings. The maximum atomic E-state index is 5.76. The second-order valence-electron chi connectivity index (χ2n) is 5.86. The highest BCUT2D eigenvalue weighted by Gasteiger charge is 2.16. The van der Waals surface area contributed by atoms with E-state index in [1.54, 1.807) is 7.11 Å². The van der Waals surface area contributed by atoms with Crippen molar-refractivity contribution in [2.75, 3.05) is 20.3 Å². The van der Waals surface area contributed by atoms with E-state index in [1.807, 2.05) is 36.4 Å². The van der Waals surface area contributed by atoms with Crippen molar-refractivity contribution in [3.8, 4) is 17.2 Å². The maximum Gasteiger partial charge on any atom is 0.276 e. The first kappa shape index (κ1) is 18.2. The predicted octanol–water partition coefficient (Wildman–Crippen LogP) is 4.50. The number of ether oxygens (including phenoxy) is 3. The number of benzene rings is 2. The lowest BCUT2D eigenvalue weighted by molar-refractivity contribution is 0.171. The van der Waals surface area contributed by atoms with Crippen molar-refractivity contribution >= 4 is 27.7 Å². The molecule has 2 heterocycles. The molecule has 1 aromatic heterocycles. The van der Waals surface area contributed by atoms with Gasteiger partial charge in [-0.3, -0.25) is 0 Å². The highest BCUT2D eigenvalue weighted by molar-refractivity contribution is 9.10. The van der Waals surface area contributed by atoms with Crippen LogP contribution in [0.25, 0.3) is 0 Å². The zero-order valence-corrected chi connectivity index (χ0v) is 17.0. The fourth-order valence-electron chi connectivity index (χ4n) is 2.64. The summed E-state index contributed by atoms with van der Waals surface area (Å²) in [6.07, 6.45) is 0.589. The zero-order valence-electron chi connectivity index (χ0n) is 14.6. The smallest absolute Gasteiger partial charge is 0.276 e. The molecule has 0 bridgehead atoms. The largest absolute Gasteiger partial charge is 0.497 e. The van der Waals surface area contributed by atoms with Crippen molar-refractivity contribution < 1.29 is 18.6 Å². The maximum absolute atomic E-state index is 5.76. The molecule has 4 rings (SSSR count). The molecule has 27 heavy (non-hydrogen) atoms. The van der Waals surface area contributed by atoms with Gasteiger partial charge in [-0.15, -0.1) is 10.2 Å². The van der Waals surface area contributed by atoms with Crippen LogP contribution in [0.15, 0.2) is 50.5 Å². The number of hydrogen-bond donors (Lipinski definition) is 0. The van der Waals surface area contributed by atoms with Gasteiger partial charge in [-0.2, -0.15) is 0 Å². The Kier molecular flexibility index (Phi) is 5.54. The highest BCUT2D eigenvalue weighted by Crippen LogP contribution is 2.37. The number of aromatic nitrogens is 2. The summed E-state index contributed by atoms with van der Waals surface area (Å²) in [7, 11) is 1.65. The Morgan fingerprint density at radius 1 is 1.07 bits per heavy atom. The van der Waals surface area contributed by atoms with E-state index in [1.165, 1.54) is 11.8 Å². The minimum absolute atomic E-state index is 0.542. The van der Waals surface area contributed by atoms with Gasteiger partial charge in [0.05, 0.1) is 13.5 Å². The van der Waals surface area contributed by atoms with Crippen LogP contribution < -0.4 is 14.2 Å². The summed E-state index contributed by atoms with van der Waals surface area (Å²) in [6, 6.07) is 11.7. The van der Waals surface area contributed by atoms with Gasteiger partial charge in [0, 0.05) is 10.2 Å². The first-order valence-corrected chi connectivity index (χ1v) is 10.2. The molecule has 0 saturated heterocycles. The molecule has 0 spiro atoms. The van der Waals surface area contributed by atoms with Crippen molar-refractivity contribution in [2.24, 2.45) is 0 Å². The Balaban J connectivity index is 1.39. The number of nitrogens with zero attached hydrogens (tertiary/aromatic N) is 2. The van der Waals surface area contributed by atoms with Crippen LogP contribution in [0.5, 0.6) is 17.2 Å². The molecule has 0 radical (unpaired) electrons. The van der Waals surface area contributed by atoms with E-state index >= 15 is 0 Å². The van der Waals surface area contributed by atoms with Crippen LogP contribution in [-0.4, -0.2) is 30.5 Å². The highest BCUT2D eigenvalue weighted by atomic mass is 79.9. The molecule has 0 amide bonds. The summed E-state index contributed by atoms with van der Waals surface area (Å²) in [5.74, 6) is 3.63. The summed E-state index contributed by atoms with van der Waals surface area (Å²) in [6.45, 7) is 1.14. The number of hydrogen-bond acceptors (Lipinski definition) is 7. The van der Waals surface area contributed by atoms with Gasteiger partial charge in [0.15, 0.2) is 11.5 Å². The van der Waals surface area contributed by atoms with Crippen LogP contribution in [-0.2, 0) is 12.2 Å². The van der Waals surface area contributed by atoms with E-state index in [9.17, 15) is 0 Å². The Labute approximate surface area is 169 Å². The fourth-order valence-corrected chi connectivity index (χ4v) is 4.06. The van der Waals surface area contributed by atoms with Crippen LogP contribution in [0.4, 0.5) is 0 Å². The van der Waals surface area contributed by atoms with E-state index in [0.717, 1.165) is 32.8 Å². The standard InChI is InChI=1S/C19H17BrN2O4S/c1-23-14-4-2-12(3-5-14)8-18-21-22-19(26-18)27-11-13-9-16-17(10-15(13)20)25-7-6-24-16/h2-5,9-10H,6-8,11H2,1H3. The van der Waals surface area contributed by atoms with Gasteiger partial charge >= 0.3 is 0 Å². The topological polar surface area (TPSA) is 66.6 Å². The lowest BCUT2D eigenvalue weighted by atomic mass is 10.1. The van der Waals surface area contributed by atoms with Crippen molar-refractivity contribution in [3.63, 3.8) is 0 Å². The van der Waals surface area contributed by atoms with Gasteiger partial charge in [0.25, 0.3) is 5.22 Å². The van der Waals surface area contributed by atoms with Gasteiger partial charge in [0.2, 0.25) is 5.89 Å². The van der Waals surface area contributed by atoms with Gasteiger partial charge in [-0.25, -0.2) is 0 Å².